The average Bonchev–Trinajstić information content (AvgIpc) is 3.35. The van der Waals surface area contributed by atoms with Gasteiger partial charge in [-0.25, -0.2) is 9.59 Å². The molecule has 0 spiro atoms. The second-order valence-electron chi connectivity index (χ2n) is 9.52. The molecule has 3 aliphatic rings. The molecule has 224 valence electrons. The molecule has 9 atom stereocenters. The predicted molar refractivity (Wildman–Crippen MR) is 136 cm³/mol. The number of hydrogen-bond donors (Lipinski definition) is 6. The zero-order valence-corrected chi connectivity index (χ0v) is 22.1. The van der Waals surface area contributed by atoms with Crippen molar-refractivity contribution in [3.63, 3.8) is 0 Å². The van der Waals surface area contributed by atoms with Crippen molar-refractivity contribution in [3.8, 4) is 11.5 Å². The van der Waals surface area contributed by atoms with E-state index in [1.54, 1.807) is 6.07 Å². The first-order valence-electron chi connectivity index (χ1n) is 12.6. The number of esters is 2. The summed E-state index contributed by atoms with van der Waals surface area (Å²) in [6.07, 6.45) is -5.22. The summed E-state index contributed by atoms with van der Waals surface area (Å²) in [5, 5.41) is 59.9. The van der Waals surface area contributed by atoms with E-state index in [9.17, 15) is 40.2 Å². The molecule has 1 fully saturated rings. The zero-order chi connectivity index (χ0) is 29.8. The van der Waals surface area contributed by atoms with E-state index in [-0.39, 0.29) is 22.6 Å². The first-order valence-corrected chi connectivity index (χ1v) is 12.6. The summed E-state index contributed by atoms with van der Waals surface area (Å²) >= 11 is 0. The third-order valence-electron chi connectivity index (χ3n) is 7.12. The lowest BCUT2D eigenvalue weighted by atomic mass is 9.82. The number of phenols is 1. The molecule has 14 heteroatoms. The van der Waals surface area contributed by atoms with Crippen molar-refractivity contribution < 1.29 is 68.6 Å². The van der Waals surface area contributed by atoms with Crippen molar-refractivity contribution >= 4 is 18.0 Å². The molecule has 1 saturated heterocycles. The van der Waals surface area contributed by atoms with Gasteiger partial charge in [0.2, 0.25) is 6.29 Å². The normalized spacial score (nSPS) is 32.9. The van der Waals surface area contributed by atoms with Gasteiger partial charge in [-0.2, -0.15) is 0 Å². The number of carbonyl (C=O) groups excluding carboxylic acids is 2. The fourth-order valence-corrected chi connectivity index (χ4v) is 5.01. The van der Waals surface area contributed by atoms with Crippen molar-refractivity contribution in [1.29, 1.82) is 0 Å². The van der Waals surface area contributed by atoms with Crippen LogP contribution in [-0.4, -0.2) is 113 Å². The number of methoxy groups -OCH3 is 2. The van der Waals surface area contributed by atoms with Crippen molar-refractivity contribution in [2.24, 2.45) is 11.8 Å². The number of aromatic hydroxyl groups is 1. The minimum absolute atomic E-state index is 0.0177. The molecule has 0 radical (unpaired) electrons. The van der Waals surface area contributed by atoms with Gasteiger partial charge in [0.1, 0.15) is 30.5 Å². The average molecular weight is 581 g/mol. The lowest BCUT2D eigenvalue weighted by Crippen LogP contribution is -2.60. The molecule has 41 heavy (non-hydrogen) atoms. The van der Waals surface area contributed by atoms with E-state index in [0.717, 1.165) is 19.4 Å². The minimum Gasteiger partial charge on any atom is -0.504 e. The monoisotopic (exact) mass is 580 g/mol. The number of hydrogen-bond acceptors (Lipinski definition) is 14. The molecule has 6 N–H and O–H groups in total. The molecule has 1 aliphatic carbocycles. The van der Waals surface area contributed by atoms with Gasteiger partial charge in [0.25, 0.3) is 0 Å². The summed E-state index contributed by atoms with van der Waals surface area (Å²) < 4.78 is 32.3. The van der Waals surface area contributed by atoms with Gasteiger partial charge in [0, 0.05) is 12.0 Å². The van der Waals surface area contributed by atoms with Gasteiger partial charge >= 0.3 is 11.9 Å². The van der Waals surface area contributed by atoms with Gasteiger partial charge in [0.05, 0.1) is 45.2 Å². The van der Waals surface area contributed by atoms with Crippen LogP contribution in [0.3, 0.4) is 0 Å². The highest BCUT2D eigenvalue weighted by Crippen LogP contribution is 2.45. The molecule has 0 unspecified atom stereocenters. The van der Waals surface area contributed by atoms with Crippen LogP contribution in [0.2, 0.25) is 0 Å². The van der Waals surface area contributed by atoms with Gasteiger partial charge < -0.3 is 59.1 Å². The number of carbonyl (C=O) groups is 2. The Balaban J connectivity index is 1.56. The molecule has 14 nitrogen and oxygen atoms in total. The number of rotatable bonds is 9. The van der Waals surface area contributed by atoms with Crippen LogP contribution in [-0.2, 0) is 33.3 Å². The summed E-state index contributed by atoms with van der Waals surface area (Å²) in [6, 6.07) is 4.45. The van der Waals surface area contributed by atoms with Crippen LogP contribution in [0.5, 0.6) is 11.5 Å². The first kappa shape index (κ1) is 30.5. The fourth-order valence-electron chi connectivity index (χ4n) is 5.01. The maximum atomic E-state index is 12.8. The quantitative estimate of drug-likeness (QED) is 0.114. The number of ether oxygens (including phenoxy) is 6. The van der Waals surface area contributed by atoms with Gasteiger partial charge in [-0.3, -0.25) is 0 Å². The molecule has 1 aromatic rings. The molecule has 0 amide bonds. The Hall–Kier alpha value is -3.50. The Morgan fingerprint density at radius 2 is 1.78 bits per heavy atom. The summed E-state index contributed by atoms with van der Waals surface area (Å²) in [6.45, 7) is -1.22. The van der Waals surface area contributed by atoms with E-state index >= 15 is 0 Å². The van der Waals surface area contributed by atoms with Crippen molar-refractivity contribution in [2.45, 2.75) is 43.1 Å². The Labute approximate surface area is 234 Å². The van der Waals surface area contributed by atoms with Crippen LogP contribution in [0.1, 0.15) is 5.56 Å². The maximum Gasteiger partial charge on any atom is 0.337 e. The number of aliphatic hydroxyl groups excluding tert-OH is 5. The molecular formula is C27H32O14. The Kier molecular flexibility index (Phi) is 9.65. The van der Waals surface area contributed by atoms with E-state index in [4.69, 9.17) is 28.4 Å². The second kappa shape index (κ2) is 13.0. The Morgan fingerprint density at radius 3 is 2.44 bits per heavy atom. The molecule has 0 aromatic heterocycles. The van der Waals surface area contributed by atoms with Crippen LogP contribution in [0.25, 0.3) is 6.08 Å². The van der Waals surface area contributed by atoms with Gasteiger partial charge in [-0.15, -0.1) is 0 Å². The molecule has 4 rings (SSSR count). The standard InChI is InChI=1S/C27H32O14/c1-36-16-7-12(3-5-15(16)30)4-6-19(31)39-17-8-13(9-28)20-21(17)14(25(35)37-2)11-38-26(20)41-27-24(34)23(33)22(32)18(10-29)40-27/h3-8,11,17-18,20-24,26-30,32-34H,9-10H2,1-2H3/b6-4-/t17-,18+,20+,21-,22+,23-,24+,26-,27-/m0/s1. The number of benzene rings is 1. The number of aliphatic hydroxyl groups is 5. The second-order valence-corrected chi connectivity index (χ2v) is 9.52. The van der Waals surface area contributed by atoms with E-state index < -0.39 is 80.1 Å². The van der Waals surface area contributed by atoms with Crippen molar-refractivity contribution in [2.75, 3.05) is 27.4 Å². The topological polar surface area (TPSA) is 211 Å². The SMILES string of the molecule is COC(=O)C1=CO[C@@H](O[C@@H]2O[C@H](CO)[C@@H](O)[C@H](O)[C@H]2O)[C@@H]2C(CO)=C[C@H](OC(=O)/C=C\c3ccc(O)c(OC)c3)[C@H]12. The van der Waals surface area contributed by atoms with Gasteiger partial charge in [0.15, 0.2) is 17.8 Å². The van der Waals surface area contributed by atoms with Crippen molar-refractivity contribution in [1.82, 2.24) is 0 Å². The highest BCUT2D eigenvalue weighted by atomic mass is 16.8. The van der Waals surface area contributed by atoms with Crippen LogP contribution in [0, 0.1) is 11.8 Å². The number of fused-ring (bicyclic) bond motifs is 1. The van der Waals surface area contributed by atoms with E-state index in [0.29, 0.717) is 5.56 Å². The smallest absolute Gasteiger partial charge is 0.337 e. The summed E-state index contributed by atoms with van der Waals surface area (Å²) in [7, 11) is 2.53. The summed E-state index contributed by atoms with van der Waals surface area (Å²) in [5.74, 6) is -3.33. The van der Waals surface area contributed by atoms with E-state index in [1.807, 2.05) is 0 Å². The molecule has 1 aromatic carbocycles. The Bertz CT molecular complexity index is 1210. The van der Waals surface area contributed by atoms with Crippen LogP contribution >= 0.6 is 0 Å². The first-order chi connectivity index (χ1) is 19.6. The maximum absolute atomic E-state index is 12.8. The summed E-state index contributed by atoms with van der Waals surface area (Å²) in [5.41, 5.74) is 0.793. The van der Waals surface area contributed by atoms with Crippen LogP contribution < -0.4 is 4.74 Å². The highest BCUT2D eigenvalue weighted by molar-refractivity contribution is 5.90. The minimum atomic E-state index is -1.74. The third kappa shape index (κ3) is 6.23. The lowest BCUT2D eigenvalue weighted by Gasteiger charge is -2.43. The van der Waals surface area contributed by atoms with Crippen molar-refractivity contribution in [3.05, 3.63) is 53.3 Å². The van der Waals surface area contributed by atoms with E-state index in [2.05, 4.69) is 0 Å². The van der Waals surface area contributed by atoms with Crippen LogP contribution in [0.4, 0.5) is 0 Å². The molecular weight excluding hydrogens is 548 g/mol. The van der Waals surface area contributed by atoms with E-state index in [1.165, 1.54) is 31.4 Å². The van der Waals surface area contributed by atoms with Gasteiger partial charge in [-0.05, 0) is 35.4 Å². The van der Waals surface area contributed by atoms with Crippen LogP contribution in [0.15, 0.2) is 47.8 Å². The molecule has 2 aliphatic heterocycles. The fraction of sp³-hybridized carbons (Fsp3) is 0.481. The zero-order valence-electron chi connectivity index (χ0n) is 22.1. The highest BCUT2D eigenvalue weighted by Gasteiger charge is 2.53. The Morgan fingerprint density at radius 1 is 1.02 bits per heavy atom. The molecule has 0 saturated carbocycles. The predicted octanol–water partition coefficient (Wildman–Crippen LogP) is -1.28. The largest absolute Gasteiger partial charge is 0.504 e. The summed E-state index contributed by atoms with van der Waals surface area (Å²) in [4.78, 5) is 25.4. The third-order valence-corrected chi connectivity index (χ3v) is 7.12. The molecule has 2 heterocycles. The van der Waals surface area contributed by atoms with Gasteiger partial charge in [-0.1, -0.05) is 6.07 Å². The molecule has 0 bridgehead atoms. The lowest BCUT2D eigenvalue weighted by molar-refractivity contribution is -0.340. The number of phenolic OH excluding ortho intramolecular Hbond substituents is 1.